The summed E-state index contributed by atoms with van der Waals surface area (Å²) in [5.41, 5.74) is 4.44. The van der Waals surface area contributed by atoms with Gasteiger partial charge in [-0.25, -0.2) is 0 Å². The molecular formula is C26H30OSi. The second kappa shape index (κ2) is 8.30. The molecule has 0 saturated heterocycles. The number of benzene rings is 3. The zero-order valence-electron chi connectivity index (χ0n) is 17.3. The Morgan fingerprint density at radius 1 is 0.857 bits per heavy atom. The Kier molecular flexibility index (Phi) is 6.02. The van der Waals surface area contributed by atoms with Gasteiger partial charge in [0.1, 0.15) is 8.07 Å². The first-order valence-corrected chi connectivity index (χ1v) is 12.9. The van der Waals surface area contributed by atoms with Gasteiger partial charge in [-0.15, -0.1) is 6.58 Å². The highest BCUT2D eigenvalue weighted by Gasteiger charge is 2.36. The van der Waals surface area contributed by atoms with Crippen molar-refractivity contribution in [3.05, 3.63) is 113 Å². The molecule has 0 radical (unpaired) electrons. The number of hydrogen-bond acceptors (Lipinski definition) is 1. The molecule has 144 valence electrons. The zero-order valence-corrected chi connectivity index (χ0v) is 18.3. The number of aryl methyl sites for hydroxylation is 2. The first kappa shape index (κ1) is 20.3. The maximum absolute atomic E-state index is 11.5. The van der Waals surface area contributed by atoms with E-state index in [1.807, 2.05) is 18.2 Å². The summed E-state index contributed by atoms with van der Waals surface area (Å²) in [6, 6.07) is 27.2. The molecule has 3 rings (SSSR count). The summed E-state index contributed by atoms with van der Waals surface area (Å²) in [5.74, 6) is -0.135. The predicted molar refractivity (Wildman–Crippen MR) is 123 cm³/mol. The van der Waals surface area contributed by atoms with Gasteiger partial charge in [0.25, 0.3) is 0 Å². The third-order valence-corrected chi connectivity index (χ3v) is 9.59. The molecule has 2 atom stereocenters. The van der Waals surface area contributed by atoms with Crippen molar-refractivity contribution in [1.29, 1.82) is 0 Å². The third-order valence-electron chi connectivity index (χ3n) is 5.89. The lowest BCUT2D eigenvalue weighted by molar-refractivity contribution is 0.159. The third kappa shape index (κ3) is 4.03. The molecule has 1 N–H and O–H groups in total. The van der Waals surface area contributed by atoms with Crippen LogP contribution in [0.15, 0.2) is 90.6 Å². The summed E-state index contributed by atoms with van der Waals surface area (Å²) in [6.45, 7) is 13.4. The largest absolute Gasteiger partial charge is 0.387 e. The minimum Gasteiger partial charge on any atom is -0.387 e. The Balaban J connectivity index is 2.08. The van der Waals surface area contributed by atoms with E-state index < -0.39 is 14.2 Å². The van der Waals surface area contributed by atoms with E-state index in [0.29, 0.717) is 0 Å². The van der Waals surface area contributed by atoms with Crippen LogP contribution < -0.4 is 5.19 Å². The van der Waals surface area contributed by atoms with Gasteiger partial charge in [0.05, 0.1) is 6.10 Å². The lowest BCUT2D eigenvalue weighted by Gasteiger charge is -2.35. The van der Waals surface area contributed by atoms with Gasteiger partial charge >= 0.3 is 0 Å². The van der Waals surface area contributed by atoms with Gasteiger partial charge in [-0.2, -0.15) is 0 Å². The van der Waals surface area contributed by atoms with Crippen molar-refractivity contribution in [1.82, 2.24) is 0 Å². The first-order chi connectivity index (χ1) is 13.3. The molecule has 0 aromatic heterocycles. The summed E-state index contributed by atoms with van der Waals surface area (Å²) < 4.78 is 0. The molecule has 0 spiro atoms. The van der Waals surface area contributed by atoms with Crippen LogP contribution in [0.3, 0.4) is 0 Å². The highest BCUT2D eigenvalue weighted by atomic mass is 28.3. The smallest absolute Gasteiger partial charge is 0.107 e. The average molecular weight is 387 g/mol. The van der Waals surface area contributed by atoms with Crippen molar-refractivity contribution in [3.63, 3.8) is 0 Å². The summed E-state index contributed by atoms with van der Waals surface area (Å²) in [5, 5.41) is 14.0. The SMILES string of the molecule is C=C([C@@H](c1ccccc1)[C@H](O)c1ccc(C)cc1C)[Si](C)(C)c1ccccc1. The maximum Gasteiger partial charge on any atom is 0.107 e. The lowest BCUT2D eigenvalue weighted by atomic mass is 9.87. The maximum atomic E-state index is 11.5. The van der Waals surface area contributed by atoms with Gasteiger partial charge in [0.2, 0.25) is 0 Å². The number of aliphatic hydroxyl groups excluding tert-OH is 1. The molecule has 0 saturated carbocycles. The van der Waals surface area contributed by atoms with Gasteiger partial charge in [-0.05, 0) is 30.5 Å². The highest BCUT2D eigenvalue weighted by Crippen LogP contribution is 2.40. The first-order valence-electron chi connectivity index (χ1n) is 9.87. The molecule has 0 amide bonds. The minimum absolute atomic E-state index is 0.135. The molecule has 0 aliphatic heterocycles. The summed E-state index contributed by atoms with van der Waals surface area (Å²) in [7, 11) is -2.01. The number of rotatable bonds is 6. The van der Waals surface area contributed by atoms with Crippen molar-refractivity contribution in [2.24, 2.45) is 0 Å². The van der Waals surface area contributed by atoms with Crippen molar-refractivity contribution in [3.8, 4) is 0 Å². The van der Waals surface area contributed by atoms with Crippen LogP contribution in [0.25, 0.3) is 0 Å². The topological polar surface area (TPSA) is 20.2 Å². The molecular weight excluding hydrogens is 356 g/mol. The molecule has 3 aromatic rings. The molecule has 0 unspecified atom stereocenters. The van der Waals surface area contributed by atoms with Crippen LogP contribution in [0, 0.1) is 13.8 Å². The van der Waals surface area contributed by atoms with Crippen molar-refractivity contribution in [2.45, 2.75) is 39.0 Å². The predicted octanol–water partition coefficient (Wildman–Crippen LogP) is 5.83. The van der Waals surface area contributed by atoms with Gasteiger partial charge in [0, 0.05) is 5.92 Å². The molecule has 2 heteroatoms. The second-order valence-electron chi connectivity index (χ2n) is 8.21. The van der Waals surface area contributed by atoms with Crippen LogP contribution >= 0.6 is 0 Å². The van der Waals surface area contributed by atoms with E-state index in [2.05, 4.69) is 94.2 Å². The molecule has 0 aliphatic rings. The molecule has 0 aliphatic carbocycles. The number of aliphatic hydroxyl groups is 1. The van der Waals surface area contributed by atoms with E-state index in [4.69, 9.17) is 0 Å². The van der Waals surface area contributed by atoms with E-state index in [-0.39, 0.29) is 5.92 Å². The van der Waals surface area contributed by atoms with E-state index >= 15 is 0 Å². The van der Waals surface area contributed by atoms with E-state index in [9.17, 15) is 5.11 Å². The Labute approximate surface area is 170 Å². The molecule has 0 heterocycles. The van der Waals surface area contributed by atoms with Gasteiger partial charge in [-0.3, -0.25) is 0 Å². The quantitative estimate of drug-likeness (QED) is 0.528. The molecule has 28 heavy (non-hydrogen) atoms. The molecule has 0 fully saturated rings. The Hall–Kier alpha value is -2.42. The fourth-order valence-corrected chi connectivity index (χ4v) is 6.50. The van der Waals surface area contributed by atoms with Crippen LogP contribution in [0.1, 0.15) is 34.3 Å². The monoisotopic (exact) mass is 386 g/mol. The van der Waals surface area contributed by atoms with E-state index in [1.165, 1.54) is 10.8 Å². The number of hydrogen-bond donors (Lipinski definition) is 1. The Morgan fingerprint density at radius 3 is 2.00 bits per heavy atom. The van der Waals surface area contributed by atoms with Gasteiger partial charge in [0.15, 0.2) is 0 Å². The van der Waals surface area contributed by atoms with E-state index in [1.54, 1.807) is 0 Å². The standard InChI is InChI=1S/C26H30OSi/c1-19-16-17-24(20(2)18-19)26(27)25(22-12-8-6-9-13-22)21(3)28(4,5)23-14-10-7-11-15-23/h6-18,25-27H,3H2,1-2,4-5H3/t25-,26+/m0/s1. The van der Waals surface area contributed by atoms with Crippen LogP contribution in [-0.4, -0.2) is 13.2 Å². The van der Waals surface area contributed by atoms with Crippen molar-refractivity contribution in [2.75, 3.05) is 0 Å². The minimum atomic E-state index is -2.01. The fraction of sp³-hybridized carbons (Fsp3) is 0.231. The molecule has 0 bridgehead atoms. The summed E-state index contributed by atoms with van der Waals surface area (Å²) in [6.07, 6.45) is -0.619. The van der Waals surface area contributed by atoms with Gasteiger partial charge in [-0.1, -0.05) is 108 Å². The van der Waals surface area contributed by atoms with Crippen molar-refractivity contribution >= 4 is 13.3 Å². The Bertz CT molecular complexity index is 945. The second-order valence-corrected chi connectivity index (χ2v) is 12.7. The van der Waals surface area contributed by atoms with Crippen molar-refractivity contribution < 1.29 is 5.11 Å². The summed E-state index contributed by atoms with van der Waals surface area (Å²) in [4.78, 5) is 0. The molecule has 1 nitrogen and oxygen atoms in total. The summed E-state index contributed by atoms with van der Waals surface area (Å²) >= 11 is 0. The van der Waals surface area contributed by atoms with E-state index in [0.717, 1.165) is 21.9 Å². The average Bonchev–Trinajstić information content (AvgIpc) is 2.69. The lowest BCUT2D eigenvalue weighted by Crippen LogP contribution is -2.46. The van der Waals surface area contributed by atoms with Crippen LogP contribution in [0.4, 0.5) is 0 Å². The Morgan fingerprint density at radius 2 is 1.43 bits per heavy atom. The van der Waals surface area contributed by atoms with Crippen LogP contribution in [0.2, 0.25) is 13.1 Å². The van der Waals surface area contributed by atoms with Gasteiger partial charge < -0.3 is 5.11 Å². The van der Waals surface area contributed by atoms with Crippen LogP contribution in [0.5, 0.6) is 0 Å². The highest BCUT2D eigenvalue weighted by molar-refractivity contribution is 6.95. The fourth-order valence-electron chi connectivity index (χ4n) is 4.00. The molecule has 3 aromatic carbocycles. The normalized spacial score (nSPS) is 13.8. The van der Waals surface area contributed by atoms with Crippen LogP contribution in [-0.2, 0) is 0 Å². The zero-order chi connectivity index (χ0) is 20.3.